The summed E-state index contributed by atoms with van der Waals surface area (Å²) >= 11 is 0. The largest absolute Gasteiger partial charge is 0.497 e. The van der Waals surface area contributed by atoms with E-state index >= 15 is 0 Å². The van der Waals surface area contributed by atoms with Crippen LogP contribution < -0.4 is 15.4 Å². The van der Waals surface area contributed by atoms with Gasteiger partial charge in [-0.15, -0.1) is 0 Å². The summed E-state index contributed by atoms with van der Waals surface area (Å²) in [7, 11) is 5.89. The van der Waals surface area contributed by atoms with Crippen LogP contribution in [0, 0.1) is 0 Å². The standard InChI is InChI=1S/C21H37N5O2/c1-6-22-21(23-15-17(2)26-11-13-28-14-12-26)24-16-20(25(3)4)18-7-9-19(27-5)10-8-18/h7-10,17,20H,6,11-16H2,1-5H3,(H2,22,23,24). The van der Waals surface area contributed by atoms with Crippen LogP contribution in [0.3, 0.4) is 0 Å². The Hall–Kier alpha value is -1.83. The van der Waals surface area contributed by atoms with Crippen molar-refractivity contribution in [1.29, 1.82) is 0 Å². The summed E-state index contributed by atoms with van der Waals surface area (Å²) in [5.74, 6) is 1.74. The van der Waals surface area contributed by atoms with Crippen molar-refractivity contribution < 1.29 is 9.47 Å². The molecule has 0 aliphatic carbocycles. The van der Waals surface area contributed by atoms with E-state index in [2.05, 4.69) is 60.5 Å². The highest BCUT2D eigenvalue weighted by atomic mass is 16.5. The van der Waals surface area contributed by atoms with E-state index in [0.29, 0.717) is 6.04 Å². The minimum atomic E-state index is 0.242. The second kappa shape index (κ2) is 11.9. The van der Waals surface area contributed by atoms with Gasteiger partial charge in [-0.05, 0) is 45.6 Å². The summed E-state index contributed by atoms with van der Waals surface area (Å²) < 4.78 is 10.7. The molecule has 0 aromatic heterocycles. The number of guanidine groups is 1. The number of methoxy groups -OCH3 is 1. The van der Waals surface area contributed by atoms with Gasteiger partial charge in [0.15, 0.2) is 5.96 Å². The zero-order valence-corrected chi connectivity index (χ0v) is 18.1. The maximum atomic E-state index is 5.44. The van der Waals surface area contributed by atoms with E-state index in [1.165, 1.54) is 5.56 Å². The molecule has 1 fully saturated rings. The van der Waals surface area contributed by atoms with Gasteiger partial charge >= 0.3 is 0 Å². The lowest BCUT2D eigenvalue weighted by Crippen LogP contribution is -2.45. The maximum absolute atomic E-state index is 5.44. The number of nitrogens with zero attached hydrogens (tertiary/aromatic N) is 3. The van der Waals surface area contributed by atoms with Crippen molar-refractivity contribution in [2.45, 2.75) is 25.9 Å². The van der Waals surface area contributed by atoms with Crippen molar-refractivity contribution in [3.8, 4) is 5.75 Å². The van der Waals surface area contributed by atoms with Gasteiger partial charge in [-0.2, -0.15) is 0 Å². The summed E-state index contributed by atoms with van der Waals surface area (Å²) in [6.07, 6.45) is 0. The molecule has 0 amide bonds. The van der Waals surface area contributed by atoms with E-state index in [1.54, 1.807) is 7.11 Å². The normalized spacial score (nSPS) is 18.0. The van der Waals surface area contributed by atoms with Crippen LogP contribution in [0.5, 0.6) is 5.75 Å². The van der Waals surface area contributed by atoms with E-state index < -0.39 is 0 Å². The molecule has 0 radical (unpaired) electrons. The number of morpholine rings is 1. The average Bonchev–Trinajstić information content (AvgIpc) is 2.72. The second-order valence-corrected chi connectivity index (χ2v) is 7.35. The summed E-state index contributed by atoms with van der Waals surface area (Å²) in [6.45, 7) is 10.3. The fourth-order valence-electron chi connectivity index (χ4n) is 3.32. The molecule has 28 heavy (non-hydrogen) atoms. The lowest BCUT2D eigenvalue weighted by Gasteiger charge is -2.31. The number of ether oxygens (including phenoxy) is 2. The van der Waals surface area contributed by atoms with Gasteiger partial charge < -0.3 is 25.0 Å². The van der Waals surface area contributed by atoms with E-state index in [0.717, 1.165) is 57.6 Å². The second-order valence-electron chi connectivity index (χ2n) is 7.35. The first-order chi connectivity index (χ1) is 13.5. The predicted molar refractivity (Wildman–Crippen MR) is 115 cm³/mol. The number of aliphatic imine (C=N–C) groups is 1. The number of rotatable bonds is 9. The molecule has 2 rings (SSSR count). The average molecular weight is 392 g/mol. The van der Waals surface area contributed by atoms with Crippen LogP contribution in [-0.2, 0) is 4.74 Å². The summed E-state index contributed by atoms with van der Waals surface area (Å²) in [4.78, 5) is 9.47. The Morgan fingerprint density at radius 3 is 2.46 bits per heavy atom. The predicted octanol–water partition coefficient (Wildman–Crippen LogP) is 1.57. The number of hydrogen-bond donors (Lipinski definition) is 2. The first-order valence-electron chi connectivity index (χ1n) is 10.2. The maximum Gasteiger partial charge on any atom is 0.191 e. The Morgan fingerprint density at radius 1 is 1.21 bits per heavy atom. The minimum absolute atomic E-state index is 0.242. The van der Waals surface area contributed by atoms with E-state index in [1.807, 2.05) is 12.1 Å². The Labute approximate surface area is 170 Å². The molecule has 0 spiro atoms. The lowest BCUT2D eigenvalue weighted by atomic mass is 10.1. The highest BCUT2D eigenvalue weighted by Gasteiger charge is 2.18. The molecule has 2 unspecified atom stereocenters. The molecular weight excluding hydrogens is 354 g/mol. The molecule has 1 saturated heterocycles. The smallest absolute Gasteiger partial charge is 0.191 e. The van der Waals surface area contributed by atoms with Crippen molar-refractivity contribution in [3.05, 3.63) is 29.8 Å². The summed E-state index contributed by atoms with van der Waals surface area (Å²) in [5, 5.41) is 6.87. The first-order valence-corrected chi connectivity index (χ1v) is 10.2. The van der Waals surface area contributed by atoms with Gasteiger partial charge in [0.1, 0.15) is 5.75 Å². The highest BCUT2D eigenvalue weighted by molar-refractivity contribution is 5.79. The zero-order valence-electron chi connectivity index (χ0n) is 18.1. The van der Waals surface area contributed by atoms with Gasteiger partial charge in [-0.25, -0.2) is 0 Å². The molecule has 0 saturated carbocycles. The number of nitrogens with one attached hydrogen (secondary N) is 2. The number of likely N-dealkylation sites (N-methyl/N-ethyl adjacent to an activating group) is 1. The van der Waals surface area contributed by atoms with Crippen LogP contribution in [0.4, 0.5) is 0 Å². The van der Waals surface area contributed by atoms with Gasteiger partial charge in [0.2, 0.25) is 0 Å². The molecule has 7 heteroatoms. The van der Waals surface area contributed by atoms with E-state index in [4.69, 9.17) is 14.5 Å². The van der Waals surface area contributed by atoms with Crippen molar-refractivity contribution in [3.63, 3.8) is 0 Å². The molecule has 1 aliphatic heterocycles. The molecule has 2 atom stereocenters. The Kier molecular flexibility index (Phi) is 9.54. The number of hydrogen-bond acceptors (Lipinski definition) is 5. The van der Waals surface area contributed by atoms with Gasteiger partial charge in [0.05, 0.1) is 32.9 Å². The van der Waals surface area contributed by atoms with E-state index in [9.17, 15) is 0 Å². The Morgan fingerprint density at radius 2 is 1.89 bits per heavy atom. The fraction of sp³-hybridized carbons (Fsp3) is 0.667. The third-order valence-corrected chi connectivity index (χ3v) is 5.11. The fourth-order valence-corrected chi connectivity index (χ4v) is 3.32. The van der Waals surface area contributed by atoms with E-state index in [-0.39, 0.29) is 6.04 Å². The lowest BCUT2D eigenvalue weighted by molar-refractivity contribution is 0.0220. The third kappa shape index (κ3) is 6.96. The minimum Gasteiger partial charge on any atom is -0.497 e. The SMILES string of the molecule is CCNC(=NCC(C)N1CCOCC1)NCC(c1ccc(OC)cc1)N(C)C. The van der Waals surface area contributed by atoms with Crippen LogP contribution in [0.15, 0.2) is 29.3 Å². The highest BCUT2D eigenvalue weighted by Crippen LogP contribution is 2.20. The van der Waals surface area contributed by atoms with Crippen molar-refractivity contribution >= 4 is 5.96 Å². The van der Waals surface area contributed by atoms with Crippen LogP contribution in [-0.4, -0.2) is 88.9 Å². The summed E-state index contributed by atoms with van der Waals surface area (Å²) in [5.41, 5.74) is 1.25. The van der Waals surface area contributed by atoms with Crippen LogP contribution in [0.1, 0.15) is 25.5 Å². The van der Waals surface area contributed by atoms with Crippen LogP contribution in [0.25, 0.3) is 0 Å². The van der Waals surface area contributed by atoms with Crippen LogP contribution in [0.2, 0.25) is 0 Å². The molecule has 7 nitrogen and oxygen atoms in total. The van der Waals surface area contributed by atoms with Gasteiger partial charge in [0, 0.05) is 32.2 Å². The van der Waals surface area contributed by atoms with Crippen molar-refractivity contribution in [1.82, 2.24) is 20.4 Å². The number of benzene rings is 1. The zero-order chi connectivity index (χ0) is 20.4. The monoisotopic (exact) mass is 391 g/mol. The van der Waals surface area contributed by atoms with Crippen molar-refractivity contribution in [2.24, 2.45) is 4.99 Å². The molecule has 0 bridgehead atoms. The van der Waals surface area contributed by atoms with Crippen molar-refractivity contribution in [2.75, 3.05) is 67.1 Å². The molecule has 158 valence electrons. The quantitative estimate of drug-likeness (QED) is 0.492. The Balaban J connectivity index is 1.96. The van der Waals surface area contributed by atoms with Crippen LogP contribution >= 0.6 is 0 Å². The van der Waals surface area contributed by atoms with Gasteiger partial charge in [-0.1, -0.05) is 12.1 Å². The third-order valence-electron chi connectivity index (χ3n) is 5.11. The molecular formula is C21H37N5O2. The molecule has 1 heterocycles. The first kappa shape index (κ1) is 22.5. The topological polar surface area (TPSA) is 61.4 Å². The molecule has 2 N–H and O–H groups in total. The molecule has 1 aromatic rings. The Bertz CT molecular complexity index is 585. The summed E-state index contributed by atoms with van der Waals surface area (Å²) in [6, 6.07) is 8.91. The van der Waals surface area contributed by atoms with Gasteiger partial charge in [0.25, 0.3) is 0 Å². The molecule has 1 aromatic carbocycles. The van der Waals surface area contributed by atoms with Gasteiger partial charge in [-0.3, -0.25) is 9.89 Å². The molecule has 1 aliphatic rings.